The van der Waals surface area contributed by atoms with E-state index in [2.05, 4.69) is 24.5 Å². The smallest absolute Gasteiger partial charge is 0.221 e. The quantitative estimate of drug-likeness (QED) is 0.547. The van der Waals surface area contributed by atoms with E-state index in [1.165, 1.54) is 0 Å². The second-order valence-electron chi connectivity index (χ2n) is 6.23. The van der Waals surface area contributed by atoms with E-state index in [9.17, 15) is 9.90 Å². The van der Waals surface area contributed by atoms with Gasteiger partial charge in [0.1, 0.15) is 0 Å². The molecule has 0 aromatic rings. The van der Waals surface area contributed by atoms with Crippen LogP contribution in [-0.2, 0) is 9.53 Å². The monoisotopic (exact) mass is 274 g/mol. The maximum Gasteiger partial charge on any atom is 0.221 e. The summed E-state index contributed by atoms with van der Waals surface area (Å²) < 4.78 is 5.46. The number of amides is 1. The first-order chi connectivity index (χ1) is 8.70. The number of aliphatic hydroxyl groups excluding tert-OH is 1. The topological polar surface area (TPSA) is 70.6 Å². The molecule has 0 aromatic heterocycles. The molecule has 5 heteroatoms. The van der Waals surface area contributed by atoms with Gasteiger partial charge >= 0.3 is 0 Å². The lowest BCUT2D eigenvalue weighted by atomic mass is 10.2. The fraction of sp³-hybridized carbons (Fsp3) is 0.929. The Morgan fingerprint density at radius 2 is 1.89 bits per heavy atom. The number of ether oxygens (including phenoxy) is 1. The highest BCUT2D eigenvalue weighted by molar-refractivity contribution is 5.76. The predicted octanol–water partition coefficient (Wildman–Crippen LogP) is 0.914. The van der Waals surface area contributed by atoms with Gasteiger partial charge in [-0.15, -0.1) is 0 Å². The molecule has 3 N–H and O–H groups in total. The highest BCUT2D eigenvalue weighted by Gasteiger charge is 2.13. The molecule has 0 heterocycles. The Kier molecular flexibility index (Phi) is 8.97. The van der Waals surface area contributed by atoms with Gasteiger partial charge in [0.2, 0.25) is 5.91 Å². The van der Waals surface area contributed by atoms with Crippen LogP contribution in [0.15, 0.2) is 0 Å². The van der Waals surface area contributed by atoms with Crippen LogP contribution < -0.4 is 10.6 Å². The summed E-state index contributed by atoms with van der Waals surface area (Å²) in [6.45, 7) is 12.0. The Labute approximate surface area is 117 Å². The Morgan fingerprint density at radius 1 is 1.26 bits per heavy atom. The second kappa shape index (κ2) is 9.28. The number of nitrogens with one attached hydrogen (secondary N) is 2. The molecule has 0 rings (SSSR count). The molecule has 0 bridgehead atoms. The summed E-state index contributed by atoms with van der Waals surface area (Å²) in [6.07, 6.45) is -0.113. The van der Waals surface area contributed by atoms with Crippen LogP contribution in [0, 0.1) is 5.92 Å². The normalized spacial score (nSPS) is 13.6. The van der Waals surface area contributed by atoms with E-state index in [0.717, 1.165) is 0 Å². The largest absolute Gasteiger partial charge is 0.389 e. The first kappa shape index (κ1) is 18.4. The van der Waals surface area contributed by atoms with Crippen molar-refractivity contribution in [1.82, 2.24) is 10.6 Å². The molecular formula is C14H30N2O3. The lowest BCUT2D eigenvalue weighted by molar-refractivity contribution is -0.121. The van der Waals surface area contributed by atoms with Crippen LogP contribution >= 0.6 is 0 Å². The van der Waals surface area contributed by atoms with Crippen molar-refractivity contribution in [2.45, 2.75) is 52.7 Å². The first-order valence-corrected chi connectivity index (χ1v) is 7.00. The van der Waals surface area contributed by atoms with Gasteiger partial charge < -0.3 is 20.5 Å². The van der Waals surface area contributed by atoms with Gasteiger partial charge in [0.05, 0.1) is 18.3 Å². The number of hydrogen-bond donors (Lipinski definition) is 3. The molecule has 0 fully saturated rings. The van der Waals surface area contributed by atoms with E-state index in [-0.39, 0.29) is 11.5 Å². The molecular weight excluding hydrogens is 244 g/mol. The maximum atomic E-state index is 11.4. The van der Waals surface area contributed by atoms with E-state index in [1.54, 1.807) is 0 Å². The number of carbonyl (C=O) groups excluding carboxylic acids is 1. The van der Waals surface area contributed by atoms with Crippen molar-refractivity contribution in [2.75, 3.05) is 26.2 Å². The molecule has 19 heavy (non-hydrogen) atoms. The zero-order chi connectivity index (χ0) is 14.9. The molecule has 1 unspecified atom stereocenters. The van der Waals surface area contributed by atoms with Crippen LogP contribution in [0.5, 0.6) is 0 Å². The third-order valence-electron chi connectivity index (χ3n) is 2.33. The van der Waals surface area contributed by atoms with Crippen molar-refractivity contribution >= 4 is 5.91 Å². The summed E-state index contributed by atoms with van der Waals surface area (Å²) >= 11 is 0. The zero-order valence-corrected chi connectivity index (χ0v) is 13.0. The Bertz CT molecular complexity index is 250. The molecule has 0 spiro atoms. The van der Waals surface area contributed by atoms with Crippen molar-refractivity contribution in [2.24, 2.45) is 5.92 Å². The number of hydrogen-bond acceptors (Lipinski definition) is 4. The molecule has 1 amide bonds. The van der Waals surface area contributed by atoms with Gasteiger partial charge in [-0.3, -0.25) is 4.79 Å². The van der Waals surface area contributed by atoms with E-state index < -0.39 is 6.10 Å². The highest BCUT2D eigenvalue weighted by Crippen LogP contribution is 2.06. The minimum absolute atomic E-state index is 0.0432. The first-order valence-electron chi connectivity index (χ1n) is 7.00. The average Bonchev–Trinajstić information content (AvgIpc) is 2.28. The van der Waals surface area contributed by atoms with E-state index in [1.807, 2.05) is 20.8 Å². The lowest BCUT2D eigenvalue weighted by Crippen LogP contribution is -2.36. The van der Waals surface area contributed by atoms with Crippen molar-refractivity contribution < 1.29 is 14.6 Å². The average molecular weight is 274 g/mol. The molecule has 5 nitrogen and oxygen atoms in total. The van der Waals surface area contributed by atoms with Crippen LogP contribution in [0.3, 0.4) is 0 Å². The lowest BCUT2D eigenvalue weighted by Gasteiger charge is -2.22. The predicted molar refractivity (Wildman–Crippen MR) is 77.0 cm³/mol. The summed E-state index contributed by atoms with van der Waals surface area (Å²) in [6, 6.07) is 0. The second-order valence-corrected chi connectivity index (χ2v) is 6.23. The molecule has 1 atom stereocenters. The van der Waals surface area contributed by atoms with Gasteiger partial charge in [0, 0.05) is 26.1 Å². The molecule has 0 saturated heterocycles. The maximum absolute atomic E-state index is 11.4. The minimum Gasteiger partial charge on any atom is -0.389 e. The Morgan fingerprint density at radius 3 is 2.42 bits per heavy atom. The highest BCUT2D eigenvalue weighted by atomic mass is 16.5. The van der Waals surface area contributed by atoms with Crippen molar-refractivity contribution in [3.8, 4) is 0 Å². The van der Waals surface area contributed by atoms with Gasteiger partial charge in [0.25, 0.3) is 0 Å². The van der Waals surface area contributed by atoms with Gasteiger partial charge in [-0.05, 0) is 26.7 Å². The number of carbonyl (C=O) groups is 1. The summed E-state index contributed by atoms with van der Waals surface area (Å²) in [5.41, 5.74) is -0.238. The Balaban J connectivity index is 3.50. The molecule has 0 aliphatic carbocycles. The van der Waals surface area contributed by atoms with E-state index in [4.69, 9.17) is 4.74 Å². The van der Waals surface area contributed by atoms with Crippen molar-refractivity contribution in [1.29, 1.82) is 0 Å². The molecule has 0 radical (unpaired) electrons. The standard InChI is InChI=1S/C14H30N2O3/c1-11(2)8-16-13(18)6-7-15-9-12(17)10-19-14(3,4)5/h11-12,15,17H,6-10H2,1-5H3,(H,16,18). The molecule has 114 valence electrons. The van der Waals surface area contributed by atoms with E-state index in [0.29, 0.717) is 38.6 Å². The molecule has 0 aromatic carbocycles. The number of rotatable bonds is 9. The Hall–Kier alpha value is -0.650. The van der Waals surface area contributed by atoms with Crippen molar-refractivity contribution in [3.63, 3.8) is 0 Å². The molecule has 0 aliphatic heterocycles. The van der Waals surface area contributed by atoms with Gasteiger partial charge in [-0.2, -0.15) is 0 Å². The van der Waals surface area contributed by atoms with Gasteiger partial charge in [0.15, 0.2) is 0 Å². The summed E-state index contributed by atoms with van der Waals surface area (Å²) in [4.78, 5) is 11.4. The fourth-order valence-electron chi connectivity index (χ4n) is 1.28. The molecule has 0 aliphatic rings. The van der Waals surface area contributed by atoms with Crippen LogP contribution in [0.2, 0.25) is 0 Å². The van der Waals surface area contributed by atoms with Crippen LogP contribution in [0.1, 0.15) is 41.0 Å². The van der Waals surface area contributed by atoms with E-state index >= 15 is 0 Å². The summed E-state index contributed by atoms with van der Waals surface area (Å²) in [5.74, 6) is 0.509. The van der Waals surface area contributed by atoms with Crippen LogP contribution in [0.25, 0.3) is 0 Å². The number of aliphatic hydroxyl groups is 1. The van der Waals surface area contributed by atoms with Gasteiger partial charge in [-0.1, -0.05) is 13.8 Å². The third kappa shape index (κ3) is 13.6. The molecule has 0 saturated carbocycles. The van der Waals surface area contributed by atoms with Crippen LogP contribution in [0.4, 0.5) is 0 Å². The zero-order valence-electron chi connectivity index (χ0n) is 13.0. The van der Waals surface area contributed by atoms with Gasteiger partial charge in [-0.25, -0.2) is 0 Å². The third-order valence-corrected chi connectivity index (χ3v) is 2.33. The SMILES string of the molecule is CC(C)CNC(=O)CCNCC(O)COC(C)(C)C. The summed E-state index contributed by atoms with van der Waals surface area (Å²) in [7, 11) is 0. The summed E-state index contributed by atoms with van der Waals surface area (Å²) in [5, 5.41) is 15.6. The minimum atomic E-state index is -0.544. The fourth-order valence-corrected chi connectivity index (χ4v) is 1.28. The van der Waals surface area contributed by atoms with Crippen molar-refractivity contribution in [3.05, 3.63) is 0 Å². The van der Waals surface area contributed by atoms with Crippen LogP contribution in [-0.4, -0.2) is 49.0 Å².